The number of aliphatic imine (C=N–C) groups is 1. The van der Waals surface area contributed by atoms with E-state index in [1.807, 2.05) is 40.2 Å². The van der Waals surface area contributed by atoms with Gasteiger partial charge in [0.25, 0.3) is 0 Å². The number of carbonyl (C=O) groups is 1. The Hall–Kier alpha value is -2.25. The van der Waals surface area contributed by atoms with Crippen molar-refractivity contribution in [3.8, 4) is 0 Å². The molecule has 1 aromatic rings. The van der Waals surface area contributed by atoms with Gasteiger partial charge < -0.3 is 20.7 Å². The van der Waals surface area contributed by atoms with Gasteiger partial charge in [0, 0.05) is 39.4 Å². The van der Waals surface area contributed by atoms with Crippen LogP contribution >= 0.6 is 0 Å². The molecule has 0 bridgehead atoms. The minimum absolute atomic E-state index is 0.0852. The van der Waals surface area contributed by atoms with Crippen molar-refractivity contribution in [2.45, 2.75) is 65.0 Å². The van der Waals surface area contributed by atoms with E-state index in [1.165, 1.54) is 5.56 Å². The molecule has 1 heterocycles. The second-order valence-corrected chi connectivity index (χ2v) is 7.64. The number of rotatable bonds is 9. The minimum atomic E-state index is -0.500. The summed E-state index contributed by atoms with van der Waals surface area (Å²) in [5, 5.41) is 13.7. The van der Waals surface area contributed by atoms with Gasteiger partial charge in [-0.25, -0.2) is 4.79 Å². The quantitative estimate of drug-likeness (QED) is 0.451. The van der Waals surface area contributed by atoms with E-state index < -0.39 is 11.7 Å². The largest absolute Gasteiger partial charge is 0.444 e. The lowest BCUT2D eigenvalue weighted by Crippen LogP contribution is -2.49. The number of nitrogens with zero attached hydrogens (tertiary/aromatic N) is 3. The van der Waals surface area contributed by atoms with Crippen molar-refractivity contribution in [1.82, 2.24) is 25.7 Å². The molecule has 0 aromatic carbocycles. The van der Waals surface area contributed by atoms with Crippen LogP contribution in [0.1, 0.15) is 52.5 Å². The van der Waals surface area contributed by atoms with Crippen LogP contribution in [-0.2, 0) is 18.2 Å². The van der Waals surface area contributed by atoms with Gasteiger partial charge in [0.15, 0.2) is 5.96 Å². The van der Waals surface area contributed by atoms with Crippen molar-refractivity contribution in [3.05, 3.63) is 18.0 Å². The van der Waals surface area contributed by atoms with Crippen LogP contribution in [0.15, 0.2) is 17.4 Å². The molecule has 1 unspecified atom stereocenters. The normalized spacial score (nSPS) is 13.2. The zero-order valence-corrected chi connectivity index (χ0v) is 17.6. The van der Waals surface area contributed by atoms with Gasteiger partial charge in [-0.2, -0.15) is 5.10 Å². The third-order valence-electron chi connectivity index (χ3n) is 3.83. The summed E-state index contributed by atoms with van der Waals surface area (Å²) in [4.78, 5) is 16.2. The Morgan fingerprint density at radius 3 is 2.67 bits per heavy atom. The van der Waals surface area contributed by atoms with Crippen molar-refractivity contribution in [2.24, 2.45) is 12.0 Å². The molecule has 0 fully saturated rings. The molecule has 154 valence electrons. The number of amides is 1. The smallest absolute Gasteiger partial charge is 0.407 e. The predicted molar refractivity (Wildman–Crippen MR) is 109 cm³/mol. The SMILES string of the molecule is CCCCC(CNC(=O)OC(C)(C)C)NC(=NC)NCCc1cnn(C)c1. The molecule has 27 heavy (non-hydrogen) atoms. The molecule has 0 aliphatic carbocycles. The van der Waals surface area contributed by atoms with Crippen LogP contribution < -0.4 is 16.0 Å². The molecule has 1 rings (SSSR count). The number of guanidine groups is 1. The highest BCUT2D eigenvalue weighted by Gasteiger charge is 2.18. The van der Waals surface area contributed by atoms with Crippen LogP contribution in [0.4, 0.5) is 4.79 Å². The lowest BCUT2D eigenvalue weighted by molar-refractivity contribution is 0.0523. The maximum absolute atomic E-state index is 11.9. The van der Waals surface area contributed by atoms with Gasteiger partial charge in [0.1, 0.15) is 5.60 Å². The Bertz CT molecular complexity index is 591. The number of unbranched alkanes of at least 4 members (excludes halogenated alkanes) is 1. The molecular formula is C19H36N6O2. The fourth-order valence-corrected chi connectivity index (χ4v) is 2.51. The molecule has 8 heteroatoms. The number of ether oxygens (including phenoxy) is 1. The number of hydrogen-bond donors (Lipinski definition) is 3. The first kappa shape index (κ1) is 22.8. The topological polar surface area (TPSA) is 92.6 Å². The summed E-state index contributed by atoms with van der Waals surface area (Å²) in [5.74, 6) is 0.728. The summed E-state index contributed by atoms with van der Waals surface area (Å²) < 4.78 is 7.11. The third kappa shape index (κ3) is 10.5. The van der Waals surface area contributed by atoms with Crippen LogP contribution in [0.25, 0.3) is 0 Å². The molecule has 0 aliphatic heterocycles. The monoisotopic (exact) mass is 380 g/mol. The van der Waals surface area contributed by atoms with Gasteiger partial charge in [-0.05, 0) is 39.2 Å². The molecule has 3 N–H and O–H groups in total. The zero-order chi connectivity index (χ0) is 20.3. The molecule has 0 spiro atoms. The van der Waals surface area contributed by atoms with Crippen molar-refractivity contribution in [1.29, 1.82) is 0 Å². The maximum atomic E-state index is 11.9. The Morgan fingerprint density at radius 1 is 1.37 bits per heavy atom. The van der Waals surface area contributed by atoms with Crippen LogP contribution in [0, 0.1) is 0 Å². The molecule has 0 aliphatic rings. The maximum Gasteiger partial charge on any atom is 0.407 e. The van der Waals surface area contributed by atoms with Crippen LogP contribution in [0.2, 0.25) is 0 Å². The van der Waals surface area contributed by atoms with E-state index in [-0.39, 0.29) is 6.04 Å². The van der Waals surface area contributed by atoms with E-state index in [1.54, 1.807) is 11.7 Å². The number of nitrogens with one attached hydrogen (secondary N) is 3. The highest BCUT2D eigenvalue weighted by Crippen LogP contribution is 2.07. The van der Waals surface area contributed by atoms with Crippen molar-refractivity contribution < 1.29 is 9.53 Å². The third-order valence-corrected chi connectivity index (χ3v) is 3.83. The van der Waals surface area contributed by atoms with Crippen LogP contribution in [0.3, 0.4) is 0 Å². The molecule has 0 saturated carbocycles. The second-order valence-electron chi connectivity index (χ2n) is 7.64. The average Bonchev–Trinajstić information content (AvgIpc) is 2.99. The minimum Gasteiger partial charge on any atom is -0.444 e. The highest BCUT2D eigenvalue weighted by atomic mass is 16.6. The van der Waals surface area contributed by atoms with E-state index in [9.17, 15) is 4.79 Å². The molecule has 0 radical (unpaired) electrons. The standard InChI is InChI=1S/C19H36N6O2/c1-7-8-9-16(13-22-18(26)27-19(2,3)4)24-17(20-5)21-11-10-15-12-23-25(6)14-15/h12,14,16H,7-11,13H2,1-6H3,(H,22,26)(H2,20,21,24). The molecule has 1 atom stereocenters. The van der Waals surface area contributed by atoms with Crippen molar-refractivity contribution in [2.75, 3.05) is 20.1 Å². The lowest BCUT2D eigenvalue weighted by atomic mass is 10.1. The van der Waals surface area contributed by atoms with Crippen LogP contribution in [0.5, 0.6) is 0 Å². The Labute approximate surface area is 163 Å². The molecule has 1 amide bonds. The fraction of sp³-hybridized carbons (Fsp3) is 0.737. The molecule has 0 saturated heterocycles. The summed E-state index contributed by atoms with van der Waals surface area (Å²) in [7, 11) is 3.66. The zero-order valence-electron chi connectivity index (χ0n) is 17.6. The van der Waals surface area contributed by atoms with E-state index in [4.69, 9.17) is 4.74 Å². The van der Waals surface area contributed by atoms with Crippen LogP contribution in [-0.4, -0.2) is 53.6 Å². The van der Waals surface area contributed by atoms with Gasteiger partial charge in [-0.3, -0.25) is 9.67 Å². The fourth-order valence-electron chi connectivity index (χ4n) is 2.51. The average molecular weight is 381 g/mol. The lowest BCUT2D eigenvalue weighted by Gasteiger charge is -2.24. The number of carbonyl (C=O) groups excluding carboxylic acids is 1. The first-order chi connectivity index (χ1) is 12.7. The summed E-state index contributed by atoms with van der Waals surface area (Å²) in [6.45, 7) is 8.96. The van der Waals surface area contributed by atoms with Gasteiger partial charge in [0.05, 0.1) is 6.20 Å². The van der Waals surface area contributed by atoms with Gasteiger partial charge in [0.2, 0.25) is 0 Å². The first-order valence-corrected chi connectivity index (χ1v) is 9.65. The Morgan fingerprint density at radius 2 is 2.11 bits per heavy atom. The number of aromatic nitrogens is 2. The van der Waals surface area contributed by atoms with Gasteiger partial charge >= 0.3 is 6.09 Å². The van der Waals surface area contributed by atoms with E-state index >= 15 is 0 Å². The predicted octanol–water partition coefficient (Wildman–Crippen LogP) is 2.21. The van der Waals surface area contributed by atoms with Gasteiger partial charge in [-0.1, -0.05) is 19.8 Å². The second kappa shape index (κ2) is 11.5. The summed E-state index contributed by atoms with van der Waals surface area (Å²) in [6, 6.07) is 0.0852. The highest BCUT2D eigenvalue weighted by molar-refractivity contribution is 5.80. The van der Waals surface area contributed by atoms with E-state index in [0.29, 0.717) is 6.54 Å². The van der Waals surface area contributed by atoms with Crippen molar-refractivity contribution >= 4 is 12.1 Å². The van der Waals surface area contributed by atoms with Gasteiger partial charge in [-0.15, -0.1) is 0 Å². The van der Waals surface area contributed by atoms with E-state index in [0.717, 1.165) is 38.2 Å². The Kier molecular flexibility index (Phi) is 9.67. The number of hydrogen-bond acceptors (Lipinski definition) is 4. The van der Waals surface area contributed by atoms with Crippen molar-refractivity contribution in [3.63, 3.8) is 0 Å². The summed E-state index contributed by atoms with van der Waals surface area (Å²) in [5.41, 5.74) is 0.676. The van der Waals surface area contributed by atoms with E-state index in [2.05, 4.69) is 33.0 Å². The molecule has 8 nitrogen and oxygen atoms in total. The first-order valence-electron chi connectivity index (χ1n) is 9.65. The molecular weight excluding hydrogens is 344 g/mol. The number of aryl methyl sites for hydroxylation is 1. The number of alkyl carbamates (subject to hydrolysis) is 1. The summed E-state index contributed by atoms with van der Waals surface area (Å²) >= 11 is 0. The Balaban J connectivity index is 2.47. The summed E-state index contributed by atoms with van der Waals surface area (Å²) in [6.07, 6.45) is 7.45. The molecule has 1 aromatic heterocycles.